The van der Waals surface area contributed by atoms with Gasteiger partial charge in [0.25, 0.3) is 0 Å². The van der Waals surface area contributed by atoms with Crippen LogP contribution >= 0.6 is 22.6 Å². The molecule has 1 aromatic rings. The molecule has 0 saturated carbocycles. The van der Waals surface area contributed by atoms with Crippen LogP contribution in [-0.4, -0.2) is 32.2 Å². The third kappa shape index (κ3) is 7.12. The van der Waals surface area contributed by atoms with Gasteiger partial charge in [-0.15, -0.1) is 0 Å². The second kappa shape index (κ2) is 8.87. The van der Waals surface area contributed by atoms with Gasteiger partial charge in [0.05, 0.1) is 13.0 Å². The maximum atomic E-state index is 11.6. The molecule has 1 N–H and O–H groups in total. The van der Waals surface area contributed by atoms with Gasteiger partial charge in [-0.25, -0.2) is 0 Å². The monoisotopic (exact) mass is 377 g/mol. The number of hydrogen-bond donors (Lipinski definition) is 1. The van der Waals surface area contributed by atoms with Gasteiger partial charge in [0.15, 0.2) is 0 Å². The summed E-state index contributed by atoms with van der Waals surface area (Å²) in [4.78, 5) is 22.8. The van der Waals surface area contributed by atoms with Crippen molar-refractivity contribution in [2.45, 2.75) is 12.8 Å². The Balaban J connectivity index is 2.24. The fraction of sp³-hybridized carbons (Fsp3) is 0.385. The van der Waals surface area contributed by atoms with Crippen molar-refractivity contribution in [3.63, 3.8) is 0 Å². The molecule has 6 heteroatoms. The minimum Gasteiger partial charge on any atom is -0.463 e. The van der Waals surface area contributed by atoms with Gasteiger partial charge in [0.1, 0.15) is 6.61 Å². The fourth-order valence-corrected chi connectivity index (χ4v) is 1.64. The van der Waals surface area contributed by atoms with Crippen molar-refractivity contribution in [3.05, 3.63) is 27.8 Å². The first-order chi connectivity index (χ1) is 9.11. The first-order valence-corrected chi connectivity index (χ1v) is 6.89. The van der Waals surface area contributed by atoms with Gasteiger partial charge in [0, 0.05) is 22.8 Å². The molecule has 0 fully saturated rings. The summed E-state index contributed by atoms with van der Waals surface area (Å²) in [5, 5.41) is 2.72. The summed E-state index contributed by atoms with van der Waals surface area (Å²) in [6.45, 7) is 0.578. The Morgan fingerprint density at radius 2 is 1.84 bits per heavy atom. The van der Waals surface area contributed by atoms with Crippen molar-refractivity contribution in [1.29, 1.82) is 0 Å². The molecule has 0 atom stereocenters. The summed E-state index contributed by atoms with van der Waals surface area (Å²) < 4.78 is 10.7. The number of ether oxygens (including phenoxy) is 2. The lowest BCUT2D eigenvalue weighted by Gasteiger charge is -2.06. The van der Waals surface area contributed by atoms with Crippen LogP contribution in [-0.2, 0) is 19.1 Å². The molecular weight excluding hydrogens is 361 g/mol. The Kier molecular flexibility index (Phi) is 7.42. The van der Waals surface area contributed by atoms with Crippen molar-refractivity contribution in [2.24, 2.45) is 0 Å². The number of carbonyl (C=O) groups is 2. The Morgan fingerprint density at radius 3 is 2.47 bits per heavy atom. The molecule has 0 aromatic heterocycles. The lowest BCUT2D eigenvalue weighted by molar-refractivity contribution is -0.145. The van der Waals surface area contributed by atoms with Crippen LogP contribution in [0.5, 0.6) is 0 Å². The van der Waals surface area contributed by atoms with E-state index in [0.717, 1.165) is 9.26 Å². The number of rotatable bonds is 7. The summed E-state index contributed by atoms with van der Waals surface area (Å²) in [5.74, 6) is -0.597. The zero-order chi connectivity index (χ0) is 14.1. The standard InChI is InChI=1S/C13H16INO4/c1-18-8-9-19-13(17)7-6-12(16)15-11-4-2-10(14)3-5-11/h2-5H,6-9H2,1H3,(H,15,16). The molecule has 0 aliphatic carbocycles. The van der Waals surface area contributed by atoms with Gasteiger partial charge in [0.2, 0.25) is 5.91 Å². The average molecular weight is 377 g/mol. The normalized spacial score (nSPS) is 10.0. The molecule has 1 rings (SSSR count). The average Bonchev–Trinajstić information content (AvgIpc) is 2.39. The van der Waals surface area contributed by atoms with Crippen LogP contribution in [0.1, 0.15) is 12.8 Å². The molecule has 0 aliphatic heterocycles. The molecule has 0 unspecified atom stereocenters. The quantitative estimate of drug-likeness (QED) is 0.450. The van der Waals surface area contributed by atoms with E-state index < -0.39 is 5.97 Å². The molecule has 0 saturated heterocycles. The van der Waals surface area contributed by atoms with Crippen molar-refractivity contribution >= 4 is 40.2 Å². The molecule has 0 aliphatic rings. The molecule has 0 bridgehead atoms. The Bertz CT molecular complexity index is 419. The molecule has 0 heterocycles. The van der Waals surface area contributed by atoms with E-state index >= 15 is 0 Å². The first kappa shape index (κ1) is 15.9. The largest absolute Gasteiger partial charge is 0.463 e. The van der Waals surface area contributed by atoms with Crippen molar-refractivity contribution in [1.82, 2.24) is 0 Å². The maximum absolute atomic E-state index is 11.6. The van der Waals surface area contributed by atoms with Gasteiger partial charge in [-0.05, 0) is 46.9 Å². The zero-order valence-electron chi connectivity index (χ0n) is 10.6. The lowest BCUT2D eigenvalue weighted by atomic mass is 10.2. The molecule has 1 aromatic carbocycles. The molecule has 0 spiro atoms. The Labute approximate surface area is 125 Å². The summed E-state index contributed by atoms with van der Waals surface area (Å²) in [6.07, 6.45) is 0.178. The lowest BCUT2D eigenvalue weighted by Crippen LogP contribution is -2.15. The van der Waals surface area contributed by atoms with E-state index in [9.17, 15) is 9.59 Å². The fourth-order valence-electron chi connectivity index (χ4n) is 1.28. The van der Waals surface area contributed by atoms with Gasteiger partial charge < -0.3 is 14.8 Å². The number of esters is 1. The molecule has 1 amide bonds. The van der Waals surface area contributed by atoms with Crippen molar-refractivity contribution in [3.8, 4) is 0 Å². The summed E-state index contributed by atoms with van der Waals surface area (Å²) >= 11 is 2.19. The highest BCUT2D eigenvalue weighted by molar-refractivity contribution is 14.1. The van der Waals surface area contributed by atoms with E-state index in [1.807, 2.05) is 24.3 Å². The predicted octanol–water partition coefficient (Wildman–Crippen LogP) is 2.20. The van der Waals surface area contributed by atoms with E-state index in [1.165, 1.54) is 7.11 Å². The highest BCUT2D eigenvalue weighted by Crippen LogP contribution is 2.11. The van der Waals surface area contributed by atoms with Gasteiger partial charge >= 0.3 is 5.97 Å². The second-order valence-electron chi connectivity index (χ2n) is 3.77. The third-order valence-electron chi connectivity index (χ3n) is 2.23. The van der Waals surface area contributed by atoms with E-state index in [2.05, 4.69) is 27.9 Å². The van der Waals surface area contributed by atoms with Gasteiger partial charge in [-0.2, -0.15) is 0 Å². The number of halogens is 1. The second-order valence-corrected chi connectivity index (χ2v) is 5.01. The summed E-state index contributed by atoms with van der Waals surface area (Å²) in [6, 6.07) is 7.43. The van der Waals surface area contributed by atoms with E-state index in [-0.39, 0.29) is 25.4 Å². The Hall–Kier alpha value is -1.15. The van der Waals surface area contributed by atoms with E-state index in [4.69, 9.17) is 9.47 Å². The minimum absolute atomic E-state index is 0.0694. The van der Waals surface area contributed by atoms with Crippen molar-refractivity contribution < 1.29 is 19.1 Å². The number of nitrogens with one attached hydrogen (secondary N) is 1. The van der Waals surface area contributed by atoms with Gasteiger partial charge in [-0.1, -0.05) is 0 Å². The number of benzene rings is 1. The number of anilines is 1. The van der Waals surface area contributed by atoms with Gasteiger partial charge in [-0.3, -0.25) is 9.59 Å². The first-order valence-electron chi connectivity index (χ1n) is 5.82. The third-order valence-corrected chi connectivity index (χ3v) is 2.95. The highest BCUT2D eigenvalue weighted by atomic mass is 127. The molecule has 0 radical (unpaired) electrons. The number of methoxy groups -OCH3 is 1. The van der Waals surface area contributed by atoms with Crippen LogP contribution in [0.4, 0.5) is 5.69 Å². The number of carbonyl (C=O) groups excluding carboxylic acids is 2. The number of hydrogen-bond acceptors (Lipinski definition) is 4. The van der Waals surface area contributed by atoms with Crippen molar-refractivity contribution in [2.75, 3.05) is 25.6 Å². The number of amides is 1. The molecule has 104 valence electrons. The maximum Gasteiger partial charge on any atom is 0.306 e. The highest BCUT2D eigenvalue weighted by Gasteiger charge is 2.08. The summed E-state index contributed by atoms with van der Waals surface area (Å²) in [7, 11) is 1.53. The Morgan fingerprint density at radius 1 is 1.16 bits per heavy atom. The van der Waals surface area contributed by atoms with Crippen LogP contribution < -0.4 is 5.32 Å². The van der Waals surface area contributed by atoms with Crippen LogP contribution in [0.3, 0.4) is 0 Å². The van der Waals surface area contributed by atoms with Crippen LogP contribution in [0.25, 0.3) is 0 Å². The smallest absolute Gasteiger partial charge is 0.306 e. The summed E-state index contributed by atoms with van der Waals surface area (Å²) in [5.41, 5.74) is 0.721. The molecule has 19 heavy (non-hydrogen) atoms. The van der Waals surface area contributed by atoms with Crippen LogP contribution in [0.2, 0.25) is 0 Å². The minimum atomic E-state index is -0.394. The van der Waals surface area contributed by atoms with Crippen LogP contribution in [0, 0.1) is 3.57 Å². The zero-order valence-corrected chi connectivity index (χ0v) is 12.8. The SMILES string of the molecule is COCCOC(=O)CCC(=O)Nc1ccc(I)cc1. The van der Waals surface area contributed by atoms with E-state index in [0.29, 0.717) is 6.61 Å². The molecule has 5 nitrogen and oxygen atoms in total. The topological polar surface area (TPSA) is 64.6 Å². The molecular formula is C13H16INO4. The van der Waals surface area contributed by atoms with E-state index in [1.54, 1.807) is 0 Å². The van der Waals surface area contributed by atoms with Crippen LogP contribution in [0.15, 0.2) is 24.3 Å². The predicted molar refractivity (Wildman–Crippen MR) is 79.9 cm³/mol.